The summed E-state index contributed by atoms with van der Waals surface area (Å²) < 4.78 is 5.11. The predicted molar refractivity (Wildman–Crippen MR) is 81.9 cm³/mol. The molecule has 0 spiro atoms. The smallest absolute Gasteiger partial charge is 0.289 e. The lowest BCUT2D eigenvalue weighted by Gasteiger charge is -2.15. The minimum absolute atomic E-state index is 0.203. The van der Waals surface area contributed by atoms with Crippen LogP contribution < -0.4 is 5.73 Å². The molecule has 2 rings (SSSR count). The number of nitrogens with two attached hydrogens (primary N) is 1. The Kier molecular flexibility index (Phi) is 5.04. The number of furan rings is 1. The van der Waals surface area contributed by atoms with Crippen molar-refractivity contribution in [2.24, 2.45) is 5.73 Å². The fourth-order valence-corrected chi connectivity index (χ4v) is 1.96. The molecule has 1 amide bonds. The van der Waals surface area contributed by atoms with E-state index in [1.165, 1.54) is 0 Å². The number of carbonyl (C=O) groups excluding carboxylic acids is 1. The van der Waals surface area contributed by atoms with Gasteiger partial charge in [0.15, 0.2) is 11.0 Å². The number of nitrogens with zero attached hydrogens (tertiary/aromatic N) is 1. The highest BCUT2D eigenvalue weighted by Gasteiger charge is 2.15. The van der Waals surface area contributed by atoms with Gasteiger partial charge in [-0.3, -0.25) is 4.79 Å². The van der Waals surface area contributed by atoms with Gasteiger partial charge in [0.1, 0.15) is 0 Å². The van der Waals surface area contributed by atoms with Crippen LogP contribution in [0.2, 0.25) is 5.22 Å². The van der Waals surface area contributed by atoms with Gasteiger partial charge in [-0.15, -0.1) is 0 Å². The Labute approximate surface area is 128 Å². The third-order valence-electron chi connectivity index (χ3n) is 2.84. The minimum atomic E-state index is -0.214. The molecule has 0 aliphatic rings. The van der Waals surface area contributed by atoms with E-state index in [2.05, 4.69) is 11.8 Å². The van der Waals surface area contributed by atoms with Crippen molar-refractivity contribution in [1.82, 2.24) is 4.90 Å². The van der Waals surface area contributed by atoms with Crippen molar-refractivity contribution in [3.05, 3.63) is 58.5 Å². The van der Waals surface area contributed by atoms with E-state index in [9.17, 15) is 4.79 Å². The standard InChI is InChI=1S/C16H15ClN2O2/c1-19(16(20)14-8-9-15(17)21-14)11-13-6-4-12(5-7-13)3-2-10-18/h4-9H,10-11,18H2,1H3. The van der Waals surface area contributed by atoms with Crippen LogP contribution in [0.4, 0.5) is 0 Å². The summed E-state index contributed by atoms with van der Waals surface area (Å²) in [4.78, 5) is 13.7. The second-order valence-electron chi connectivity index (χ2n) is 4.47. The fraction of sp³-hybridized carbons (Fsp3) is 0.188. The average molecular weight is 303 g/mol. The van der Waals surface area contributed by atoms with E-state index in [1.54, 1.807) is 24.1 Å². The van der Waals surface area contributed by atoms with E-state index in [-0.39, 0.29) is 16.9 Å². The average Bonchev–Trinajstić information content (AvgIpc) is 2.92. The topological polar surface area (TPSA) is 59.5 Å². The van der Waals surface area contributed by atoms with Crippen LogP contribution in [0.3, 0.4) is 0 Å². The third-order valence-corrected chi connectivity index (χ3v) is 3.04. The van der Waals surface area contributed by atoms with E-state index < -0.39 is 0 Å². The van der Waals surface area contributed by atoms with Gasteiger partial charge in [-0.2, -0.15) is 0 Å². The second-order valence-corrected chi connectivity index (χ2v) is 4.84. The van der Waals surface area contributed by atoms with E-state index in [1.807, 2.05) is 24.3 Å². The van der Waals surface area contributed by atoms with E-state index in [0.717, 1.165) is 11.1 Å². The maximum absolute atomic E-state index is 12.1. The Bertz CT molecular complexity index is 680. The van der Waals surface area contributed by atoms with Crippen molar-refractivity contribution in [3.63, 3.8) is 0 Å². The molecule has 5 heteroatoms. The summed E-state index contributed by atoms with van der Waals surface area (Å²) >= 11 is 5.67. The van der Waals surface area contributed by atoms with Crippen LogP contribution in [0.5, 0.6) is 0 Å². The predicted octanol–water partition coefficient (Wildman–Crippen LogP) is 2.52. The van der Waals surface area contributed by atoms with Crippen LogP contribution >= 0.6 is 11.6 Å². The summed E-state index contributed by atoms with van der Waals surface area (Å²) in [5.41, 5.74) is 7.23. The SMILES string of the molecule is CN(Cc1ccc(C#CCN)cc1)C(=O)c1ccc(Cl)o1. The van der Waals surface area contributed by atoms with Gasteiger partial charge in [0, 0.05) is 19.2 Å². The van der Waals surface area contributed by atoms with Crippen LogP contribution in [-0.4, -0.2) is 24.4 Å². The molecule has 0 fully saturated rings. The molecule has 4 nitrogen and oxygen atoms in total. The Balaban J connectivity index is 2.02. The van der Waals surface area contributed by atoms with E-state index in [4.69, 9.17) is 21.8 Å². The van der Waals surface area contributed by atoms with Crippen molar-refractivity contribution in [2.45, 2.75) is 6.54 Å². The van der Waals surface area contributed by atoms with Gasteiger partial charge < -0.3 is 15.1 Å². The molecular weight excluding hydrogens is 288 g/mol. The molecule has 2 aromatic rings. The second kappa shape index (κ2) is 6.98. The first-order chi connectivity index (χ1) is 10.1. The molecule has 2 N–H and O–H groups in total. The number of halogens is 1. The highest BCUT2D eigenvalue weighted by Crippen LogP contribution is 2.15. The molecule has 0 atom stereocenters. The summed E-state index contributed by atoms with van der Waals surface area (Å²) in [5, 5.41) is 0.203. The van der Waals surface area contributed by atoms with E-state index >= 15 is 0 Å². The quantitative estimate of drug-likeness (QED) is 0.886. The zero-order chi connectivity index (χ0) is 15.2. The number of carbonyl (C=O) groups is 1. The first-order valence-corrected chi connectivity index (χ1v) is 6.76. The molecule has 108 valence electrons. The maximum Gasteiger partial charge on any atom is 0.289 e. The fourth-order valence-electron chi connectivity index (χ4n) is 1.81. The Morgan fingerprint density at radius 2 is 2.00 bits per heavy atom. The molecule has 1 heterocycles. The van der Waals surface area contributed by atoms with Crippen molar-refractivity contribution >= 4 is 17.5 Å². The summed E-state index contributed by atoms with van der Waals surface area (Å²) in [6.07, 6.45) is 0. The number of rotatable bonds is 3. The van der Waals surface area contributed by atoms with Crippen LogP contribution in [-0.2, 0) is 6.54 Å². The van der Waals surface area contributed by atoms with Gasteiger partial charge in [0.2, 0.25) is 0 Å². The summed E-state index contributed by atoms with van der Waals surface area (Å²) in [6, 6.07) is 10.8. The van der Waals surface area contributed by atoms with E-state index in [0.29, 0.717) is 13.1 Å². The first-order valence-electron chi connectivity index (χ1n) is 6.39. The molecule has 0 bridgehead atoms. The summed E-state index contributed by atoms with van der Waals surface area (Å²) in [6.45, 7) is 0.812. The molecule has 0 saturated heterocycles. The number of hydrogen-bond acceptors (Lipinski definition) is 3. The first kappa shape index (κ1) is 15.2. The molecule has 0 aliphatic heterocycles. The highest BCUT2D eigenvalue weighted by atomic mass is 35.5. The molecule has 1 aromatic heterocycles. The summed E-state index contributed by atoms with van der Waals surface area (Å²) in [7, 11) is 1.71. The van der Waals surface area contributed by atoms with Gasteiger partial charge in [-0.25, -0.2) is 0 Å². The monoisotopic (exact) mass is 302 g/mol. The van der Waals surface area contributed by atoms with Crippen LogP contribution in [0, 0.1) is 11.8 Å². The number of benzene rings is 1. The summed E-state index contributed by atoms with van der Waals surface area (Å²) in [5.74, 6) is 5.76. The van der Waals surface area contributed by atoms with Crippen molar-refractivity contribution in [1.29, 1.82) is 0 Å². The molecule has 0 radical (unpaired) electrons. The maximum atomic E-state index is 12.1. The van der Waals surface area contributed by atoms with Gasteiger partial charge >= 0.3 is 0 Å². The van der Waals surface area contributed by atoms with Gasteiger partial charge in [0.05, 0.1) is 6.54 Å². The highest BCUT2D eigenvalue weighted by molar-refractivity contribution is 6.29. The lowest BCUT2D eigenvalue weighted by molar-refractivity contribution is 0.0753. The molecule has 0 saturated carbocycles. The molecule has 21 heavy (non-hydrogen) atoms. The Morgan fingerprint density at radius 3 is 2.57 bits per heavy atom. The third kappa shape index (κ3) is 4.12. The van der Waals surface area contributed by atoms with Gasteiger partial charge in [-0.05, 0) is 41.4 Å². The van der Waals surface area contributed by atoms with Crippen molar-refractivity contribution in [2.75, 3.05) is 13.6 Å². The molecular formula is C16H15ClN2O2. The van der Waals surface area contributed by atoms with Crippen LogP contribution in [0.15, 0.2) is 40.8 Å². The normalized spacial score (nSPS) is 9.86. The molecule has 0 unspecified atom stereocenters. The minimum Gasteiger partial charge on any atom is -0.440 e. The molecule has 1 aromatic carbocycles. The lowest BCUT2D eigenvalue weighted by Crippen LogP contribution is -2.25. The van der Waals surface area contributed by atoms with Crippen molar-refractivity contribution in [3.8, 4) is 11.8 Å². The zero-order valence-electron chi connectivity index (χ0n) is 11.6. The van der Waals surface area contributed by atoms with Gasteiger partial charge in [-0.1, -0.05) is 24.0 Å². The zero-order valence-corrected chi connectivity index (χ0v) is 12.4. The van der Waals surface area contributed by atoms with Gasteiger partial charge in [0.25, 0.3) is 5.91 Å². The number of hydrogen-bond donors (Lipinski definition) is 1. The molecule has 0 aliphatic carbocycles. The number of amides is 1. The Morgan fingerprint density at radius 1 is 1.29 bits per heavy atom. The van der Waals surface area contributed by atoms with Crippen LogP contribution in [0.1, 0.15) is 21.7 Å². The largest absolute Gasteiger partial charge is 0.440 e. The Hall–Kier alpha value is -2.22. The van der Waals surface area contributed by atoms with Crippen molar-refractivity contribution < 1.29 is 9.21 Å². The van der Waals surface area contributed by atoms with Crippen LogP contribution in [0.25, 0.3) is 0 Å². The lowest BCUT2D eigenvalue weighted by atomic mass is 10.1.